The summed E-state index contributed by atoms with van der Waals surface area (Å²) in [7, 11) is -3.38. The predicted molar refractivity (Wildman–Crippen MR) is 124 cm³/mol. The highest BCUT2D eigenvalue weighted by molar-refractivity contribution is 7.52. The van der Waals surface area contributed by atoms with Crippen LogP contribution in [0.25, 0.3) is 0 Å². The molecule has 0 bridgehead atoms. The second-order valence-electron chi connectivity index (χ2n) is 8.59. The summed E-state index contributed by atoms with van der Waals surface area (Å²) in [5, 5.41) is 0. The summed E-state index contributed by atoms with van der Waals surface area (Å²) < 4.78 is 17.6. The van der Waals surface area contributed by atoms with Gasteiger partial charge in [0.2, 0.25) is 0 Å². The lowest BCUT2D eigenvalue weighted by Gasteiger charge is -2.19. The van der Waals surface area contributed by atoms with Crippen molar-refractivity contribution in [3.05, 3.63) is 0 Å². The molecule has 0 aliphatic heterocycles. The van der Waals surface area contributed by atoms with Gasteiger partial charge in [-0.3, -0.25) is 4.57 Å². The van der Waals surface area contributed by atoms with Crippen molar-refractivity contribution in [3.8, 4) is 0 Å². The first kappa shape index (κ1) is 28.1. The van der Waals surface area contributed by atoms with E-state index >= 15 is 0 Å². The summed E-state index contributed by atoms with van der Waals surface area (Å²) in [5.41, 5.74) is 0. The van der Waals surface area contributed by atoms with Crippen LogP contribution in [-0.4, -0.2) is 17.2 Å². The molecule has 2 atom stereocenters. The molecule has 3 nitrogen and oxygen atoms in total. The van der Waals surface area contributed by atoms with Gasteiger partial charge in [-0.25, -0.2) is 0 Å². The fraction of sp³-hybridized carbons (Fsp3) is 1.00. The maximum Gasteiger partial charge on any atom is 0.328 e. The highest BCUT2D eigenvalue weighted by atomic mass is 31.2. The van der Waals surface area contributed by atoms with Crippen LogP contribution in [-0.2, 0) is 9.09 Å². The Kier molecular flexibility index (Phi) is 20.5. The van der Waals surface area contributed by atoms with E-state index in [4.69, 9.17) is 4.52 Å². The molecule has 0 spiro atoms. The molecule has 0 heterocycles. The third-order valence-electron chi connectivity index (χ3n) is 5.67. The van der Waals surface area contributed by atoms with Gasteiger partial charge in [-0.05, 0) is 19.3 Å². The molecule has 1 N–H and O–H groups in total. The van der Waals surface area contributed by atoms with Crippen molar-refractivity contribution in [2.24, 2.45) is 0 Å². The van der Waals surface area contributed by atoms with E-state index in [1.807, 2.05) is 6.92 Å². The smallest absolute Gasteiger partial charge is 0.324 e. The summed E-state index contributed by atoms with van der Waals surface area (Å²) in [6, 6.07) is 0. The van der Waals surface area contributed by atoms with Crippen molar-refractivity contribution in [2.45, 2.75) is 149 Å². The maximum atomic E-state index is 12.1. The van der Waals surface area contributed by atoms with Crippen LogP contribution in [0.2, 0.25) is 0 Å². The van der Waals surface area contributed by atoms with Crippen molar-refractivity contribution < 1.29 is 14.0 Å². The van der Waals surface area contributed by atoms with E-state index in [0.717, 1.165) is 32.1 Å². The van der Waals surface area contributed by atoms with Crippen LogP contribution in [0.5, 0.6) is 0 Å². The molecule has 0 saturated heterocycles. The SMILES string of the molecule is CCCCCCCCCCCCCCCCCCP(=O)(O)OC(CC)CCC. The summed E-state index contributed by atoms with van der Waals surface area (Å²) in [5.74, 6) is 0. The van der Waals surface area contributed by atoms with Crippen LogP contribution in [0.15, 0.2) is 0 Å². The van der Waals surface area contributed by atoms with E-state index in [9.17, 15) is 9.46 Å². The minimum Gasteiger partial charge on any atom is -0.324 e. The zero-order valence-corrected chi connectivity index (χ0v) is 20.3. The normalized spacial score (nSPS) is 14.9. The van der Waals surface area contributed by atoms with Crippen LogP contribution < -0.4 is 0 Å². The van der Waals surface area contributed by atoms with Gasteiger partial charge in [-0.15, -0.1) is 0 Å². The molecule has 28 heavy (non-hydrogen) atoms. The van der Waals surface area contributed by atoms with Crippen LogP contribution >= 0.6 is 7.60 Å². The quantitative estimate of drug-likeness (QED) is 0.141. The third kappa shape index (κ3) is 19.5. The van der Waals surface area contributed by atoms with Crippen molar-refractivity contribution in [1.29, 1.82) is 0 Å². The largest absolute Gasteiger partial charge is 0.328 e. The molecule has 2 unspecified atom stereocenters. The molecule has 0 radical (unpaired) electrons. The first-order valence-corrected chi connectivity index (χ1v) is 14.3. The van der Waals surface area contributed by atoms with E-state index in [-0.39, 0.29) is 6.10 Å². The van der Waals surface area contributed by atoms with E-state index < -0.39 is 7.60 Å². The lowest BCUT2D eigenvalue weighted by atomic mass is 10.0. The predicted octanol–water partition coefficient (Wildman–Crippen LogP) is 9.03. The Balaban J connectivity index is 3.36. The molecule has 0 fully saturated rings. The van der Waals surface area contributed by atoms with Crippen molar-refractivity contribution in [3.63, 3.8) is 0 Å². The van der Waals surface area contributed by atoms with E-state index in [1.165, 1.54) is 89.9 Å². The van der Waals surface area contributed by atoms with Gasteiger partial charge >= 0.3 is 7.60 Å². The van der Waals surface area contributed by atoms with Gasteiger partial charge in [0.1, 0.15) is 0 Å². The Bertz CT molecular complexity index is 360. The topological polar surface area (TPSA) is 46.5 Å². The minimum absolute atomic E-state index is 0.0538. The molecule has 0 aromatic rings. The van der Waals surface area contributed by atoms with E-state index in [2.05, 4.69) is 13.8 Å². The molecule has 4 heteroatoms. The van der Waals surface area contributed by atoms with Crippen molar-refractivity contribution in [1.82, 2.24) is 0 Å². The first-order valence-electron chi connectivity index (χ1n) is 12.6. The number of hydrogen-bond donors (Lipinski definition) is 1. The molecule has 170 valence electrons. The molecular formula is C24H51O3P. The number of unbranched alkanes of at least 4 members (excludes halogenated alkanes) is 15. The third-order valence-corrected chi connectivity index (χ3v) is 7.18. The summed E-state index contributed by atoms with van der Waals surface area (Å²) in [6.07, 6.45) is 24.0. The Morgan fingerprint density at radius 1 is 0.643 bits per heavy atom. The second-order valence-corrected chi connectivity index (χ2v) is 10.5. The second kappa shape index (κ2) is 20.4. The van der Waals surface area contributed by atoms with Crippen LogP contribution in [0, 0.1) is 0 Å². The van der Waals surface area contributed by atoms with Gasteiger partial charge in [0.05, 0.1) is 6.10 Å². The molecular weight excluding hydrogens is 367 g/mol. The minimum atomic E-state index is -3.38. The zero-order valence-electron chi connectivity index (χ0n) is 19.4. The zero-order chi connectivity index (χ0) is 20.9. The standard InChI is InChI=1S/C24H51O3P/c1-4-7-8-9-10-11-12-13-14-15-16-17-18-19-20-21-23-28(25,26)27-24(6-3)22-5-2/h24H,4-23H2,1-3H3,(H,25,26). The number of rotatable bonds is 22. The van der Waals surface area contributed by atoms with Gasteiger partial charge in [0.15, 0.2) is 0 Å². The fourth-order valence-electron chi connectivity index (χ4n) is 3.80. The molecule has 0 aromatic carbocycles. The Morgan fingerprint density at radius 2 is 1.04 bits per heavy atom. The maximum absolute atomic E-state index is 12.1. The number of hydrogen-bond acceptors (Lipinski definition) is 2. The summed E-state index contributed by atoms with van der Waals surface area (Å²) >= 11 is 0. The highest BCUT2D eigenvalue weighted by Gasteiger charge is 2.22. The van der Waals surface area contributed by atoms with Gasteiger partial charge in [-0.2, -0.15) is 0 Å². The fourth-order valence-corrected chi connectivity index (χ4v) is 5.25. The molecule has 0 saturated carbocycles. The van der Waals surface area contributed by atoms with Gasteiger partial charge in [0.25, 0.3) is 0 Å². The average Bonchev–Trinajstić information content (AvgIpc) is 2.67. The Labute approximate surface area is 177 Å². The van der Waals surface area contributed by atoms with E-state index in [0.29, 0.717) is 6.16 Å². The molecule has 0 aliphatic carbocycles. The molecule has 0 amide bonds. The van der Waals surface area contributed by atoms with Crippen LogP contribution in [0.4, 0.5) is 0 Å². The molecule has 0 rings (SSSR count). The monoisotopic (exact) mass is 418 g/mol. The Hall–Kier alpha value is 0.150. The Morgan fingerprint density at radius 3 is 1.39 bits per heavy atom. The highest BCUT2D eigenvalue weighted by Crippen LogP contribution is 2.45. The summed E-state index contributed by atoms with van der Waals surface area (Å²) in [6.45, 7) is 6.39. The average molecular weight is 419 g/mol. The lowest BCUT2D eigenvalue weighted by molar-refractivity contribution is 0.160. The van der Waals surface area contributed by atoms with E-state index in [1.54, 1.807) is 0 Å². The van der Waals surface area contributed by atoms with Crippen LogP contribution in [0.3, 0.4) is 0 Å². The molecule has 0 aromatic heterocycles. The lowest BCUT2D eigenvalue weighted by Crippen LogP contribution is -2.10. The van der Waals surface area contributed by atoms with Crippen LogP contribution in [0.1, 0.15) is 143 Å². The van der Waals surface area contributed by atoms with Gasteiger partial charge in [-0.1, -0.05) is 124 Å². The molecule has 0 aliphatic rings. The van der Waals surface area contributed by atoms with Gasteiger partial charge in [0, 0.05) is 6.16 Å². The summed E-state index contributed by atoms with van der Waals surface area (Å²) in [4.78, 5) is 9.99. The van der Waals surface area contributed by atoms with Gasteiger partial charge < -0.3 is 9.42 Å². The first-order chi connectivity index (χ1) is 13.6. The van der Waals surface area contributed by atoms with Crippen molar-refractivity contribution >= 4 is 7.60 Å². The van der Waals surface area contributed by atoms with Crippen molar-refractivity contribution in [2.75, 3.05) is 6.16 Å².